The number of carbonyl (C=O) groups excluding carboxylic acids is 1. The largest absolute Gasteiger partial charge is 0.325 e. The molecule has 0 spiro atoms. The van der Waals surface area contributed by atoms with E-state index in [4.69, 9.17) is 4.98 Å². The van der Waals surface area contributed by atoms with E-state index >= 15 is 0 Å². The lowest BCUT2D eigenvalue weighted by molar-refractivity contribution is -0.113. The zero-order chi connectivity index (χ0) is 21.9. The summed E-state index contributed by atoms with van der Waals surface area (Å²) in [7, 11) is 0. The van der Waals surface area contributed by atoms with E-state index in [-0.39, 0.29) is 17.2 Å². The van der Waals surface area contributed by atoms with Crippen molar-refractivity contribution in [2.24, 2.45) is 0 Å². The van der Waals surface area contributed by atoms with Gasteiger partial charge in [-0.25, -0.2) is 9.97 Å². The molecule has 5 rings (SSSR count). The first-order valence-corrected chi connectivity index (χ1v) is 11.8. The van der Waals surface area contributed by atoms with Crippen LogP contribution in [0.1, 0.15) is 5.56 Å². The van der Waals surface area contributed by atoms with Gasteiger partial charge >= 0.3 is 0 Å². The average molecular weight is 459 g/mol. The number of anilines is 1. The number of thioether (sulfide) groups is 1. The Morgan fingerprint density at radius 3 is 2.53 bits per heavy atom. The third-order valence-electron chi connectivity index (χ3n) is 4.89. The lowest BCUT2D eigenvalue weighted by atomic mass is 10.2. The van der Waals surface area contributed by atoms with Crippen LogP contribution in [0.15, 0.2) is 88.9 Å². The summed E-state index contributed by atoms with van der Waals surface area (Å²) in [4.78, 5) is 35.9. The molecule has 0 aliphatic heterocycles. The molecule has 0 saturated carbocycles. The van der Waals surface area contributed by atoms with Gasteiger partial charge in [0.15, 0.2) is 5.16 Å². The van der Waals surface area contributed by atoms with E-state index in [1.165, 1.54) is 23.1 Å². The number of amides is 1. The van der Waals surface area contributed by atoms with E-state index in [1.54, 1.807) is 10.8 Å². The van der Waals surface area contributed by atoms with Crippen molar-refractivity contribution in [3.8, 4) is 0 Å². The van der Waals surface area contributed by atoms with Crippen molar-refractivity contribution in [1.82, 2.24) is 14.5 Å². The molecule has 0 radical (unpaired) electrons. The molecule has 8 heteroatoms. The van der Waals surface area contributed by atoms with Gasteiger partial charge in [-0.15, -0.1) is 11.3 Å². The number of para-hydroxylation sites is 1. The summed E-state index contributed by atoms with van der Waals surface area (Å²) in [6.07, 6.45) is 1.71. The van der Waals surface area contributed by atoms with E-state index in [0.717, 1.165) is 21.5 Å². The van der Waals surface area contributed by atoms with E-state index in [0.29, 0.717) is 21.9 Å². The van der Waals surface area contributed by atoms with Crippen molar-refractivity contribution in [3.63, 3.8) is 0 Å². The Hall–Kier alpha value is -3.49. The first-order valence-electron chi connectivity index (χ1n) is 9.99. The number of hydrogen-bond acceptors (Lipinski definition) is 6. The average Bonchev–Trinajstić information content (AvgIpc) is 3.20. The van der Waals surface area contributed by atoms with E-state index < -0.39 is 0 Å². The molecule has 0 atom stereocenters. The van der Waals surface area contributed by atoms with Crippen LogP contribution in [0.25, 0.3) is 20.4 Å². The number of thiophene rings is 1. The lowest BCUT2D eigenvalue weighted by Crippen LogP contribution is -2.24. The molecule has 0 bridgehead atoms. The molecular weight excluding hydrogens is 440 g/mol. The molecule has 2 aromatic carbocycles. The maximum absolute atomic E-state index is 13.5. The quantitative estimate of drug-likeness (QED) is 0.293. The normalized spacial score (nSPS) is 11.1. The Balaban J connectivity index is 1.52. The summed E-state index contributed by atoms with van der Waals surface area (Å²) in [5, 5.41) is 4.24. The summed E-state index contributed by atoms with van der Waals surface area (Å²) in [6, 6.07) is 22.8. The Morgan fingerprint density at radius 2 is 1.75 bits per heavy atom. The number of hydrogen-bond donors (Lipinski definition) is 1. The van der Waals surface area contributed by atoms with E-state index in [9.17, 15) is 9.59 Å². The standard InChI is InChI=1S/C24H18N4O2S2/c29-19(26-17-10-5-2-6-11-17)15-31-24-27-20-18-12-7-13-25-22(18)32-21(20)23(30)28(24)14-16-8-3-1-4-9-16/h1-13H,14-15H2,(H,26,29). The predicted molar refractivity (Wildman–Crippen MR) is 131 cm³/mol. The number of nitrogens with one attached hydrogen (secondary N) is 1. The van der Waals surface area contributed by atoms with Crippen LogP contribution < -0.4 is 10.9 Å². The Labute approximate surface area is 192 Å². The Kier molecular flexibility index (Phi) is 5.70. The Bertz CT molecular complexity index is 1460. The topological polar surface area (TPSA) is 76.9 Å². The van der Waals surface area contributed by atoms with Gasteiger partial charge in [0.05, 0.1) is 17.8 Å². The molecule has 3 heterocycles. The van der Waals surface area contributed by atoms with Crippen molar-refractivity contribution in [2.45, 2.75) is 11.7 Å². The van der Waals surface area contributed by atoms with Crippen LogP contribution in [0.5, 0.6) is 0 Å². The molecule has 0 fully saturated rings. The number of benzene rings is 2. The zero-order valence-electron chi connectivity index (χ0n) is 16.9. The minimum atomic E-state index is -0.154. The summed E-state index contributed by atoms with van der Waals surface area (Å²) in [6.45, 7) is 0.382. The Morgan fingerprint density at radius 1 is 1.00 bits per heavy atom. The minimum Gasteiger partial charge on any atom is -0.325 e. The van der Waals surface area contributed by atoms with Gasteiger partial charge in [0.25, 0.3) is 5.56 Å². The fraction of sp³-hybridized carbons (Fsp3) is 0.0833. The number of rotatable bonds is 6. The molecule has 32 heavy (non-hydrogen) atoms. The molecule has 0 saturated heterocycles. The van der Waals surface area contributed by atoms with E-state index in [2.05, 4.69) is 10.3 Å². The predicted octanol–water partition coefficient (Wildman–Crippen LogP) is 4.79. The van der Waals surface area contributed by atoms with Gasteiger partial charge in [0.2, 0.25) is 5.91 Å². The smallest absolute Gasteiger partial charge is 0.272 e. The molecule has 0 aliphatic rings. The number of pyridine rings is 1. The third-order valence-corrected chi connectivity index (χ3v) is 6.96. The minimum absolute atomic E-state index is 0.118. The molecular formula is C24H18N4O2S2. The monoisotopic (exact) mass is 458 g/mol. The van der Waals surface area contributed by atoms with Gasteiger partial charge in [-0.3, -0.25) is 14.2 Å². The fourth-order valence-electron chi connectivity index (χ4n) is 3.41. The third kappa shape index (κ3) is 4.15. The summed E-state index contributed by atoms with van der Waals surface area (Å²) < 4.78 is 2.22. The highest BCUT2D eigenvalue weighted by Gasteiger charge is 2.18. The van der Waals surface area contributed by atoms with Gasteiger partial charge in [-0.1, -0.05) is 60.3 Å². The molecule has 158 valence electrons. The maximum atomic E-state index is 13.5. The fourth-order valence-corrected chi connectivity index (χ4v) is 5.23. The van der Waals surface area contributed by atoms with Gasteiger partial charge in [0, 0.05) is 17.3 Å². The molecule has 5 aromatic rings. The molecule has 6 nitrogen and oxygen atoms in total. The van der Waals surface area contributed by atoms with Crippen LogP contribution >= 0.6 is 23.1 Å². The van der Waals surface area contributed by atoms with Crippen molar-refractivity contribution in [3.05, 3.63) is 94.9 Å². The lowest BCUT2D eigenvalue weighted by Gasteiger charge is -2.12. The van der Waals surface area contributed by atoms with Crippen LogP contribution in [-0.4, -0.2) is 26.2 Å². The van der Waals surface area contributed by atoms with Crippen molar-refractivity contribution in [2.75, 3.05) is 11.1 Å². The zero-order valence-corrected chi connectivity index (χ0v) is 18.5. The molecule has 3 aromatic heterocycles. The molecule has 0 aliphatic carbocycles. The van der Waals surface area contributed by atoms with Gasteiger partial charge in [-0.05, 0) is 29.8 Å². The van der Waals surface area contributed by atoms with Crippen LogP contribution in [0.2, 0.25) is 0 Å². The van der Waals surface area contributed by atoms with Crippen LogP contribution in [0.3, 0.4) is 0 Å². The van der Waals surface area contributed by atoms with Gasteiger partial charge in [-0.2, -0.15) is 0 Å². The molecule has 0 unspecified atom stereocenters. The second-order valence-electron chi connectivity index (χ2n) is 7.11. The highest BCUT2D eigenvalue weighted by molar-refractivity contribution is 7.99. The first kappa shape index (κ1) is 20.4. The highest BCUT2D eigenvalue weighted by atomic mass is 32.2. The number of nitrogens with zero attached hydrogens (tertiary/aromatic N) is 3. The van der Waals surface area contributed by atoms with Crippen LogP contribution in [0.4, 0.5) is 5.69 Å². The highest BCUT2D eigenvalue weighted by Crippen LogP contribution is 2.30. The van der Waals surface area contributed by atoms with Crippen molar-refractivity contribution >= 4 is 55.1 Å². The summed E-state index contributed by atoms with van der Waals surface area (Å²) >= 11 is 2.61. The maximum Gasteiger partial charge on any atom is 0.272 e. The van der Waals surface area contributed by atoms with Gasteiger partial charge in [0.1, 0.15) is 9.53 Å². The van der Waals surface area contributed by atoms with Crippen LogP contribution in [-0.2, 0) is 11.3 Å². The van der Waals surface area contributed by atoms with E-state index in [1.807, 2.05) is 72.8 Å². The second kappa shape index (κ2) is 8.94. The number of aromatic nitrogens is 3. The molecule has 1 amide bonds. The summed E-state index contributed by atoms with van der Waals surface area (Å²) in [5.74, 6) is -0.0132. The first-order chi connectivity index (χ1) is 15.7. The summed E-state index contributed by atoms with van der Waals surface area (Å²) in [5.41, 5.74) is 2.25. The molecule has 1 N–H and O–H groups in total. The van der Waals surface area contributed by atoms with Crippen molar-refractivity contribution in [1.29, 1.82) is 0 Å². The van der Waals surface area contributed by atoms with Crippen molar-refractivity contribution < 1.29 is 4.79 Å². The number of carbonyl (C=O) groups is 1. The number of fused-ring (bicyclic) bond motifs is 3. The van der Waals surface area contributed by atoms with Gasteiger partial charge < -0.3 is 5.32 Å². The second-order valence-corrected chi connectivity index (χ2v) is 9.05. The SMILES string of the molecule is O=C(CSc1nc2c(sc3ncccc32)c(=O)n1Cc1ccccc1)Nc1ccccc1. The van der Waals surface area contributed by atoms with Crippen LogP contribution in [0, 0.1) is 0 Å².